The predicted molar refractivity (Wildman–Crippen MR) is 83.3 cm³/mol. The van der Waals surface area contributed by atoms with Gasteiger partial charge in [0, 0.05) is 10.4 Å². The minimum Gasteiger partial charge on any atom is -0.459 e. The van der Waals surface area contributed by atoms with Gasteiger partial charge < -0.3 is 9.73 Å². The molecule has 1 aromatic heterocycles. The van der Waals surface area contributed by atoms with Crippen LogP contribution in [0.2, 0.25) is 5.02 Å². The zero-order valence-corrected chi connectivity index (χ0v) is 12.2. The lowest BCUT2D eigenvalue weighted by atomic mass is 10.0. The lowest BCUT2D eigenvalue weighted by molar-refractivity contribution is 0.490. The lowest BCUT2D eigenvalue weighted by Crippen LogP contribution is -2.16. The molecule has 1 atom stereocenters. The number of benzene rings is 2. The van der Waals surface area contributed by atoms with E-state index in [1.807, 2.05) is 37.4 Å². The van der Waals surface area contributed by atoms with E-state index in [0.717, 1.165) is 32.9 Å². The fourth-order valence-corrected chi connectivity index (χ4v) is 2.73. The Morgan fingerprint density at radius 1 is 1.10 bits per heavy atom. The standard InChI is InChI=1S/C17H16ClNO/c1-11-5-3-7-13-10-15(20-17(11)13)16(19-2)12-6-4-8-14(18)9-12/h3-10,16,19H,1-2H3. The van der Waals surface area contributed by atoms with Crippen LogP contribution < -0.4 is 5.32 Å². The molecule has 102 valence electrons. The summed E-state index contributed by atoms with van der Waals surface area (Å²) in [6, 6.07) is 16.1. The summed E-state index contributed by atoms with van der Waals surface area (Å²) in [6.07, 6.45) is 0. The van der Waals surface area contributed by atoms with Gasteiger partial charge in [-0.15, -0.1) is 0 Å². The molecule has 1 N–H and O–H groups in total. The first kappa shape index (κ1) is 13.2. The second-order valence-electron chi connectivity index (χ2n) is 4.92. The smallest absolute Gasteiger partial charge is 0.137 e. The molecule has 0 spiro atoms. The summed E-state index contributed by atoms with van der Waals surface area (Å²) < 4.78 is 6.04. The predicted octanol–water partition coefficient (Wildman–Crippen LogP) is 4.70. The van der Waals surface area contributed by atoms with Crippen LogP contribution in [0.15, 0.2) is 52.9 Å². The van der Waals surface area contributed by atoms with Crippen LogP contribution in [-0.4, -0.2) is 7.05 Å². The molecule has 3 rings (SSSR count). The maximum atomic E-state index is 6.08. The van der Waals surface area contributed by atoms with Gasteiger partial charge in [-0.3, -0.25) is 0 Å². The monoisotopic (exact) mass is 285 g/mol. The number of fused-ring (bicyclic) bond motifs is 1. The summed E-state index contributed by atoms with van der Waals surface area (Å²) in [6.45, 7) is 2.06. The Hall–Kier alpha value is -1.77. The number of hydrogen-bond donors (Lipinski definition) is 1. The summed E-state index contributed by atoms with van der Waals surface area (Å²) >= 11 is 6.08. The summed E-state index contributed by atoms with van der Waals surface area (Å²) in [5.41, 5.74) is 3.19. The van der Waals surface area contributed by atoms with Gasteiger partial charge in [-0.05, 0) is 43.3 Å². The summed E-state index contributed by atoms with van der Waals surface area (Å²) in [5, 5.41) is 5.15. The fraction of sp³-hybridized carbons (Fsp3) is 0.176. The highest BCUT2D eigenvalue weighted by Gasteiger charge is 2.17. The summed E-state index contributed by atoms with van der Waals surface area (Å²) in [5.74, 6) is 0.902. The van der Waals surface area contributed by atoms with Crippen molar-refractivity contribution in [1.82, 2.24) is 5.32 Å². The van der Waals surface area contributed by atoms with Crippen LogP contribution in [0, 0.1) is 6.92 Å². The third-order valence-electron chi connectivity index (χ3n) is 3.52. The Kier molecular flexibility index (Phi) is 3.51. The Morgan fingerprint density at radius 3 is 2.60 bits per heavy atom. The quantitative estimate of drug-likeness (QED) is 0.754. The SMILES string of the molecule is CNC(c1cccc(Cl)c1)c1cc2cccc(C)c2o1. The van der Waals surface area contributed by atoms with Gasteiger partial charge in [-0.25, -0.2) is 0 Å². The number of nitrogens with one attached hydrogen (secondary N) is 1. The second-order valence-corrected chi connectivity index (χ2v) is 5.36. The minimum atomic E-state index is 0.000463. The molecule has 0 saturated heterocycles. The zero-order chi connectivity index (χ0) is 14.1. The van der Waals surface area contributed by atoms with E-state index in [1.165, 1.54) is 0 Å². The fourth-order valence-electron chi connectivity index (χ4n) is 2.53. The van der Waals surface area contributed by atoms with Gasteiger partial charge in [0.2, 0.25) is 0 Å². The number of rotatable bonds is 3. The van der Waals surface area contributed by atoms with Gasteiger partial charge in [-0.2, -0.15) is 0 Å². The molecule has 1 unspecified atom stereocenters. The van der Waals surface area contributed by atoms with E-state index in [0.29, 0.717) is 0 Å². The highest BCUT2D eigenvalue weighted by molar-refractivity contribution is 6.30. The highest BCUT2D eigenvalue weighted by atomic mass is 35.5. The topological polar surface area (TPSA) is 25.2 Å². The Morgan fingerprint density at radius 2 is 1.90 bits per heavy atom. The molecule has 0 fully saturated rings. The lowest BCUT2D eigenvalue weighted by Gasteiger charge is -2.14. The third kappa shape index (κ3) is 2.33. The van der Waals surface area contributed by atoms with Crippen molar-refractivity contribution in [2.75, 3.05) is 7.05 Å². The van der Waals surface area contributed by atoms with Crippen LogP contribution in [0.4, 0.5) is 0 Å². The third-order valence-corrected chi connectivity index (χ3v) is 3.75. The van der Waals surface area contributed by atoms with Crippen molar-refractivity contribution in [2.24, 2.45) is 0 Å². The van der Waals surface area contributed by atoms with Crippen LogP contribution in [0.5, 0.6) is 0 Å². The van der Waals surface area contributed by atoms with Crippen molar-refractivity contribution in [3.63, 3.8) is 0 Å². The average molecular weight is 286 g/mol. The van der Waals surface area contributed by atoms with E-state index in [2.05, 4.69) is 30.4 Å². The van der Waals surface area contributed by atoms with Gasteiger partial charge in [0.1, 0.15) is 11.3 Å². The first-order valence-electron chi connectivity index (χ1n) is 6.61. The van der Waals surface area contributed by atoms with Crippen molar-refractivity contribution >= 4 is 22.6 Å². The zero-order valence-electron chi connectivity index (χ0n) is 11.5. The van der Waals surface area contributed by atoms with Crippen molar-refractivity contribution in [2.45, 2.75) is 13.0 Å². The van der Waals surface area contributed by atoms with Crippen LogP contribution in [-0.2, 0) is 0 Å². The van der Waals surface area contributed by atoms with Gasteiger partial charge >= 0.3 is 0 Å². The first-order chi connectivity index (χ1) is 9.69. The summed E-state index contributed by atoms with van der Waals surface area (Å²) in [4.78, 5) is 0. The number of hydrogen-bond acceptors (Lipinski definition) is 2. The molecule has 2 nitrogen and oxygen atoms in total. The van der Waals surface area contributed by atoms with Crippen LogP contribution >= 0.6 is 11.6 Å². The summed E-state index contributed by atoms with van der Waals surface area (Å²) in [7, 11) is 1.92. The number of halogens is 1. The molecule has 3 aromatic rings. The Bertz CT molecular complexity index is 748. The molecule has 20 heavy (non-hydrogen) atoms. The number of para-hydroxylation sites is 1. The van der Waals surface area contributed by atoms with Crippen molar-refractivity contribution in [3.05, 3.63) is 70.4 Å². The Labute approximate surface area is 123 Å². The molecule has 1 heterocycles. The Balaban J connectivity index is 2.09. The molecule has 0 aliphatic rings. The van der Waals surface area contributed by atoms with Crippen molar-refractivity contribution in [3.8, 4) is 0 Å². The molecule has 0 bridgehead atoms. The molecule has 3 heteroatoms. The molecule has 0 radical (unpaired) electrons. The van der Waals surface area contributed by atoms with Crippen molar-refractivity contribution < 1.29 is 4.42 Å². The van der Waals surface area contributed by atoms with Gasteiger partial charge in [-0.1, -0.05) is 41.9 Å². The van der Waals surface area contributed by atoms with Crippen molar-refractivity contribution in [1.29, 1.82) is 0 Å². The van der Waals surface area contributed by atoms with E-state index in [9.17, 15) is 0 Å². The van der Waals surface area contributed by atoms with Gasteiger partial charge in [0.15, 0.2) is 0 Å². The molecule has 2 aromatic carbocycles. The second kappa shape index (κ2) is 5.31. The van der Waals surface area contributed by atoms with Gasteiger partial charge in [0.05, 0.1) is 6.04 Å². The molecule has 0 aliphatic heterocycles. The minimum absolute atomic E-state index is 0.000463. The molecule has 0 amide bonds. The van der Waals surface area contributed by atoms with Crippen LogP contribution in [0.1, 0.15) is 22.9 Å². The largest absolute Gasteiger partial charge is 0.459 e. The number of aryl methyl sites for hydroxylation is 1. The van der Waals surface area contributed by atoms with Crippen LogP contribution in [0.3, 0.4) is 0 Å². The molecule has 0 saturated carbocycles. The van der Waals surface area contributed by atoms with E-state index in [1.54, 1.807) is 0 Å². The highest BCUT2D eigenvalue weighted by Crippen LogP contribution is 2.30. The van der Waals surface area contributed by atoms with E-state index in [-0.39, 0.29) is 6.04 Å². The normalized spacial score (nSPS) is 12.8. The number of furan rings is 1. The molecule has 0 aliphatic carbocycles. The average Bonchev–Trinajstić information content (AvgIpc) is 2.85. The van der Waals surface area contributed by atoms with Crippen LogP contribution in [0.25, 0.3) is 11.0 Å². The van der Waals surface area contributed by atoms with Gasteiger partial charge in [0.25, 0.3) is 0 Å². The van der Waals surface area contributed by atoms with E-state index in [4.69, 9.17) is 16.0 Å². The maximum absolute atomic E-state index is 6.08. The van der Waals surface area contributed by atoms with E-state index >= 15 is 0 Å². The first-order valence-corrected chi connectivity index (χ1v) is 6.98. The molecular weight excluding hydrogens is 270 g/mol. The maximum Gasteiger partial charge on any atom is 0.137 e. The van der Waals surface area contributed by atoms with E-state index < -0.39 is 0 Å². The molecular formula is C17H16ClNO.